The predicted octanol–water partition coefficient (Wildman–Crippen LogP) is 4.74. The van der Waals surface area contributed by atoms with Crippen LogP contribution >= 0.6 is 22.9 Å². The predicted molar refractivity (Wildman–Crippen MR) is 94.3 cm³/mol. The highest BCUT2D eigenvalue weighted by molar-refractivity contribution is 7.19. The number of carbonyl (C=O) groups is 1. The Kier molecular flexibility index (Phi) is 5.15. The number of nitrogens with one attached hydrogen (secondary N) is 1. The first kappa shape index (κ1) is 17.6. The zero-order chi connectivity index (χ0) is 18.0. The number of hydrogen-bond acceptors (Lipinski definition) is 3. The van der Waals surface area contributed by atoms with Crippen molar-refractivity contribution in [2.45, 2.75) is 19.9 Å². The van der Waals surface area contributed by atoms with E-state index in [2.05, 4.69) is 10.3 Å². The van der Waals surface area contributed by atoms with Crippen molar-refractivity contribution in [3.05, 3.63) is 69.5 Å². The lowest BCUT2D eigenvalue weighted by Crippen LogP contribution is -2.17. The second-order valence-electron chi connectivity index (χ2n) is 5.42. The molecule has 0 radical (unpaired) electrons. The molecule has 130 valence electrons. The molecule has 0 saturated carbocycles. The molecule has 25 heavy (non-hydrogen) atoms. The van der Waals surface area contributed by atoms with Gasteiger partial charge < -0.3 is 4.57 Å². The summed E-state index contributed by atoms with van der Waals surface area (Å²) in [5, 5.41) is 3.07. The number of hydrogen-bond donors (Lipinski definition) is 1. The standard InChI is InChI=1S/C17H14ClF2N3OS/c1-2-10-5-14(16(24)22-17-21-7-15(18)25-17)23(8-10)9-11-3-12(19)6-13(20)4-11/h3-8H,2,9H2,1H3,(H,21,22,24). The summed E-state index contributed by atoms with van der Waals surface area (Å²) >= 11 is 6.96. The van der Waals surface area contributed by atoms with E-state index in [-0.39, 0.29) is 12.5 Å². The average molecular weight is 382 g/mol. The van der Waals surface area contributed by atoms with Gasteiger partial charge in [-0.3, -0.25) is 10.1 Å². The third-order valence-corrected chi connectivity index (χ3v) is 4.60. The number of amides is 1. The minimum atomic E-state index is -0.652. The number of halogens is 3. The van der Waals surface area contributed by atoms with Crippen molar-refractivity contribution in [3.8, 4) is 0 Å². The van der Waals surface area contributed by atoms with Crippen LogP contribution in [0.1, 0.15) is 28.5 Å². The fourth-order valence-electron chi connectivity index (χ4n) is 2.46. The molecule has 0 aliphatic heterocycles. The highest BCUT2D eigenvalue weighted by Gasteiger charge is 2.16. The number of benzene rings is 1. The molecule has 8 heteroatoms. The van der Waals surface area contributed by atoms with Gasteiger partial charge in [0.1, 0.15) is 21.7 Å². The molecule has 0 aliphatic rings. The van der Waals surface area contributed by atoms with Crippen LogP contribution in [0.15, 0.2) is 36.7 Å². The van der Waals surface area contributed by atoms with Gasteiger partial charge in [-0.25, -0.2) is 13.8 Å². The summed E-state index contributed by atoms with van der Waals surface area (Å²) in [6.45, 7) is 2.14. The van der Waals surface area contributed by atoms with E-state index >= 15 is 0 Å². The van der Waals surface area contributed by atoms with Crippen LogP contribution in [0.25, 0.3) is 0 Å². The van der Waals surface area contributed by atoms with Crippen molar-refractivity contribution in [3.63, 3.8) is 0 Å². The average Bonchev–Trinajstić information content (AvgIpc) is 3.12. The molecule has 1 amide bonds. The molecule has 2 heterocycles. The Hall–Kier alpha value is -2.25. The zero-order valence-electron chi connectivity index (χ0n) is 13.2. The molecular weight excluding hydrogens is 368 g/mol. The number of nitrogens with zero attached hydrogens (tertiary/aromatic N) is 2. The van der Waals surface area contributed by atoms with Crippen LogP contribution in [0, 0.1) is 11.6 Å². The maximum Gasteiger partial charge on any atom is 0.274 e. The van der Waals surface area contributed by atoms with Crippen molar-refractivity contribution in [1.82, 2.24) is 9.55 Å². The summed E-state index contributed by atoms with van der Waals surface area (Å²) < 4.78 is 28.9. The quantitative estimate of drug-likeness (QED) is 0.694. The smallest absolute Gasteiger partial charge is 0.274 e. The van der Waals surface area contributed by atoms with Gasteiger partial charge in [-0.1, -0.05) is 29.9 Å². The van der Waals surface area contributed by atoms with Gasteiger partial charge in [0.15, 0.2) is 5.13 Å². The summed E-state index contributed by atoms with van der Waals surface area (Å²) in [6.07, 6.45) is 3.98. The monoisotopic (exact) mass is 381 g/mol. The van der Waals surface area contributed by atoms with Crippen LogP contribution < -0.4 is 5.32 Å². The Morgan fingerprint density at radius 1 is 1.24 bits per heavy atom. The third kappa shape index (κ3) is 4.24. The molecule has 0 atom stereocenters. The minimum absolute atomic E-state index is 0.177. The Bertz CT molecular complexity index is 902. The van der Waals surface area contributed by atoms with Gasteiger partial charge in [0.2, 0.25) is 0 Å². The maximum atomic E-state index is 13.4. The molecule has 1 aromatic carbocycles. The zero-order valence-corrected chi connectivity index (χ0v) is 14.8. The summed E-state index contributed by atoms with van der Waals surface area (Å²) in [6, 6.07) is 5.06. The van der Waals surface area contributed by atoms with Crippen LogP contribution in [0.4, 0.5) is 13.9 Å². The number of aryl methyl sites for hydroxylation is 1. The SMILES string of the molecule is CCc1cc(C(=O)Nc2ncc(Cl)s2)n(Cc2cc(F)cc(F)c2)c1. The van der Waals surface area contributed by atoms with Crippen LogP contribution in [-0.4, -0.2) is 15.5 Å². The second-order valence-corrected chi connectivity index (χ2v) is 7.08. The summed E-state index contributed by atoms with van der Waals surface area (Å²) in [7, 11) is 0. The van der Waals surface area contributed by atoms with E-state index in [1.54, 1.807) is 16.8 Å². The highest BCUT2D eigenvalue weighted by atomic mass is 35.5. The van der Waals surface area contributed by atoms with E-state index in [0.29, 0.717) is 20.7 Å². The normalized spacial score (nSPS) is 10.9. The molecule has 0 unspecified atom stereocenters. The first-order chi connectivity index (χ1) is 11.9. The van der Waals surface area contributed by atoms with Crippen LogP contribution in [0.2, 0.25) is 4.34 Å². The number of thiazole rings is 1. The van der Waals surface area contributed by atoms with Crippen LogP contribution in [0.5, 0.6) is 0 Å². The fourth-order valence-corrected chi connectivity index (χ4v) is 3.27. The fraction of sp³-hybridized carbons (Fsp3) is 0.176. The van der Waals surface area contributed by atoms with Gasteiger partial charge in [0, 0.05) is 18.8 Å². The molecule has 0 aliphatic carbocycles. The van der Waals surface area contributed by atoms with E-state index < -0.39 is 11.6 Å². The van der Waals surface area contributed by atoms with E-state index in [0.717, 1.165) is 29.4 Å². The molecule has 3 rings (SSSR count). The Morgan fingerprint density at radius 2 is 1.96 bits per heavy atom. The van der Waals surface area contributed by atoms with Crippen molar-refractivity contribution < 1.29 is 13.6 Å². The van der Waals surface area contributed by atoms with E-state index in [1.165, 1.54) is 18.3 Å². The van der Waals surface area contributed by atoms with Crippen LogP contribution in [0.3, 0.4) is 0 Å². The first-order valence-corrected chi connectivity index (χ1v) is 8.70. The highest BCUT2D eigenvalue weighted by Crippen LogP contribution is 2.23. The summed E-state index contributed by atoms with van der Waals surface area (Å²) in [4.78, 5) is 16.5. The van der Waals surface area contributed by atoms with Crippen molar-refractivity contribution in [2.24, 2.45) is 0 Å². The van der Waals surface area contributed by atoms with Crippen molar-refractivity contribution >= 4 is 34.0 Å². The lowest BCUT2D eigenvalue weighted by atomic mass is 10.2. The van der Waals surface area contributed by atoms with E-state index in [4.69, 9.17) is 11.6 Å². The molecule has 0 fully saturated rings. The molecule has 1 N–H and O–H groups in total. The summed E-state index contributed by atoms with van der Waals surface area (Å²) in [5.74, 6) is -1.66. The molecule has 4 nitrogen and oxygen atoms in total. The van der Waals surface area contributed by atoms with Crippen molar-refractivity contribution in [1.29, 1.82) is 0 Å². The van der Waals surface area contributed by atoms with Crippen LogP contribution in [-0.2, 0) is 13.0 Å². The maximum absolute atomic E-state index is 13.4. The third-order valence-electron chi connectivity index (χ3n) is 3.57. The Labute approximate surface area is 152 Å². The molecular formula is C17H14ClF2N3OS. The number of aromatic nitrogens is 2. The Balaban J connectivity index is 1.88. The second kappa shape index (κ2) is 7.33. The van der Waals surface area contributed by atoms with Crippen molar-refractivity contribution in [2.75, 3.05) is 5.32 Å². The lowest BCUT2D eigenvalue weighted by Gasteiger charge is -2.09. The topological polar surface area (TPSA) is 46.9 Å². The number of rotatable bonds is 5. The van der Waals surface area contributed by atoms with Gasteiger partial charge in [0.05, 0.1) is 6.20 Å². The van der Waals surface area contributed by atoms with E-state index in [9.17, 15) is 13.6 Å². The van der Waals surface area contributed by atoms with Gasteiger partial charge in [0.25, 0.3) is 5.91 Å². The molecule has 0 bridgehead atoms. The lowest BCUT2D eigenvalue weighted by molar-refractivity contribution is 0.101. The minimum Gasteiger partial charge on any atom is -0.339 e. The van der Waals surface area contributed by atoms with Gasteiger partial charge >= 0.3 is 0 Å². The molecule has 2 aromatic heterocycles. The number of carbonyl (C=O) groups excluding carboxylic acids is 1. The summed E-state index contributed by atoms with van der Waals surface area (Å²) in [5.41, 5.74) is 1.76. The molecule has 3 aromatic rings. The molecule has 0 saturated heterocycles. The number of anilines is 1. The largest absolute Gasteiger partial charge is 0.339 e. The van der Waals surface area contributed by atoms with Gasteiger partial charge in [-0.05, 0) is 35.7 Å². The molecule has 0 spiro atoms. The van der Waals surface area contributed by atoms with Gasteiger partial charge in [-0.2, -0.15) is 0 Å². The first-order valence-electron chi connectivity index (χ1n) is 7.51. The van der Waals surface area contributed by atoms with E-state index in [1.807, 2.05) is 6.92 Å². The Morgan fingerprint density at radius 3 is 2.56 bits per heavy atom. The van der Waals surface area contributed by atoms with Gasteiger partial charge in [-0.15, -0.1) is 0 Å².